The predicted molar refractivity (Wildman–Crippen MR) is 104 cm³/mol. The molecule has 7 heteroatoms. The van der Waals surface area contributed by atoms with Crippen LogP contribution in [0.5, 0.6) is 5.75 Å². The van der Waals surface area contributed by atoms with Gasteiger partial charge in [-0.1, -0.05) is 55.8 Å². The quantitative estimate of drug-likeness (QED) is 0.612. The predicted octanol–water partition coefficient (Wildman–Crippen LogP) is 2.37. The Bertz CT molecular complexity index is 807. The van der Waals surface area contributed by atoms with Crippen LogP contribution in [0.4, 0.5) is 0 Å². The number of ether oxygens (including phenoxy) is 2. The number of nitrogens with two attached hydrogens (primary N) is 1. The van der Waals surface area contributed by atoms with Gasteiger partial charge in [0.1, 0.15) is 5.75 Å². The molecule has 0 aromatic heterocycles. The van der Waals surface area contributed by atoms with Crippen molar-refractivity contribution in [1.82, 2.24) is 5.32 Å². The van der Waals surface area contributed by atoms with Crippen molar-refractivity contribution >= 4 is 17.8 Å². The monoisotopic (exact) mass is 384 g/mol. The first-order valence-electron chi connectivity index (χ1n) is 9.02. The molecule has 2 aromatic carbocycles. The number of para-hydroxylation sites is 1. The minimum Gasteiger partial charge on any atom is -0.481 e. The van der Waals surface area contributed by atoms with E-state index in [2.05, 4.69) is 5.32 Å². The third-order valence-electron chi connectivity index (χ3n) is 3.98. The summed E-state index contributed by atoms with van der Waals surface area (Å²) in [6.45, 7) is 1.19. The van der Waals surface area contributed by atoms with Crippen LogP contribution in [0.2, 0.25) is 0 Å². The zero-order chi connectivity index (χ0) is 20.4. The molecule has 0 saturated heterocycles. The number of carbonyl (C=O) groups is 3. The van der Waals surface area contributed by atoms with Crippen molar-refractivity contribution < 1.29 is 23.9 Å². The molecule has 0 aliphatic heterocycles. The van der Waals surface area contributed by atoms with Crippen molar-refractivity contribution in [2.75, 3.05) is 13.2 Å². The Labute approximate surface area is 163 Å². The number of carbonyl (C=O) groups excluding carboxylic acids is 3. The molecule has 28 heavy (non-hydrogen) atoms. The lowest BCUT2D eigenvalue weighted by atomic mass is 10.0. The molecule has 2 rings (SSSR count). The van der Waals surface area contributed by atoms with E-state index in [0.29, 0.717) is 0 Å². The number of hydrogen-bond acceptors (Lipinski definition) is 5. The number of amides is 2. The van der Waals surface area contributed by atoms with Gasteiger partial charge in [0.05, 0.1) is 11.6 Å². The van der Waals surface area contributed by atoms with Crippen molar-refractivity contribution in [3.05, 3.63) is 65.7 Å². The third-order valence-corrected chi connectivity index (χ3v) is 3.98. The average Bonchev–Trinajstić information content (AvgIpc) is 2.71. The molecule has 0 saturated carbocycles. The molecule has 0 spiro atoms. The van der Waals surface area contributed by atoms with E-state index in [1.54, 1.807) is 12.1 Å². The van der Waals surface area contributed by atoms with E-state index in [9.17, 15) is 14.4 Å². The molecule has 0 radical (unpaired) electrons. The number of hydrogen-bond donors (Lipinski definition) is 2. The van der Waals surface area contributed by atoms with Crippen molar-refractivity contribution in [2.24, 2.45) is 5.73 Å². The Morgan fingerprint density at radius 3 is 2.36 bits per heavy atom. The second-order valence-electron chi connectivity index (χ2n) is 6.13. The van der Waals surface area contributed by atoms with Crippen LogP contribution >= 0.6 is 0 Å². The summed E-state index contributed by atoms with van der Waals surface area (Å²) in [5.41, 5.74) is 6.41. The molecule has 0 aliphatic rings. The van der Waals surface area contributed by atoms with E-state index in [0.717, 1.165) is 18.4 Å². The topological polar surface area (TPSA) is 108 Å². The zero-order valence-electron chi connectivity index (χ0n) is 15.7. The van der Waals surface area contributed by atoms with Crippen molar-refractivity contribution in [2.45, 2.75) is 25.8 Å². The summed E-state index contributed by atoms with van der Waals surface area (Å²) in [5, 5.41) is 2.87. The summed E-state index contributed by atoms with van der Waals surface area (Å²) in [6, 6.07) is 15.8. The number of benzene rings is 2. The lowest BCUT2D eigenvalue weighted by molar-refractivity contribution is -0.150. The van der Waals surface area contributed by atoms with Crippen LogP contribution < -0.4 is 15.8 Å². The molecule has 0 heterocycles. The fourth-order valence-electron chi connectivity index (χ4n) is 2.65. The van der Waals surface area contributed by atoms with Crippen LogP contribution in [0.1, 0.15) is 41.7 Å². The zero-order valence-corrected chi connectivity index (χ0v) is 15.7. The second-order valence-corrected chi connectivity index (χ2v) is 6.13. The lowest BCUT2D eigenvalue weighted by Crippen LogP contribution is -2.33. The van der Waals surface area contributed by atoms with Gasteiger partial charge in [-0.2, -0.15) is 0 Å². The Kier molecular flexibility index (Phi) is 8.02. The SMILES string of the molecule is CCC[C@H](NC(=O)COC(=O)COc1ccccc1C(N)=O)c1ccccc1. The molecule has 3 N–H and O–H groups in total. The molecule has 0 bridgehead atoms. The highest BCUT2D eigenvalue weighted by Gasteiger charge is 2.16. The summed E-state index contributed by atoms with van der Waals surface area (Å²) in [4.78, 5) is 35.3. The maximum atomic E-state index is 12.1. The van der Waals surface area contributed by atoms with Crippen LogP contribution in [-0.4, -0.2) is 31.0 Å². The fourth-order valence-corrected chi connectivity index (χ4v) is 2.65. The molecular weight excluding hydrogens is 360 g/mol. The van der Waals surface area contributed by atoms with Crippen LogP contribution in [-0.2, 0) is 14.3 Å². The van der Waals surface area contributed by atoms with Gasteiger partial charge in [0.15, 0.2) is 13.2 Å². The Morgan fingerprint density at radius 1 is 1.00 bits per heavy atom. The molecule has 0 fully saturated rings. The maximum absolute atomic E-state index is 12.1. The van der Waals surface area contributed by atoms with Gasteiger partial charge >= 0.3 is 5.97 Å². The standard InChI is InChI=1S/C21H24N2O5/c1-2-8-17(15-9-4-3-5-10-15)23-19(24)13-28-20(25)14-27-18-12-7-6-11-16(18)21(22)26/h3-7,9-12,17H,2,8,13-14H2,1H3,(H2,22,26)(H,23,24)/t17-/m0/s1. The Hall–Kier alpha value is -3.35. The summed E-state index contributed by atoms with van der Waals surface area (Å²) >= 11 is 0. The summed E-state index contributed by atoms with van der Waals surface area (Å²) < 4.78 is 10.2. The van der Waals surface area contributed by atoms with Gasteiger partial charge in [-0.15, -0.1) is 0 Å². The van der Waals surface area contributed by atoms with Gasteiger partial charge in [-0.25, -0.2) is 4.79 Å². The van der Waals surface area contributed by atoms with Crippen molar-refractivity contribution in [1.29, 1.82) is 0 Å². The van der Waals surface area contributed by atoms with Gasteiger partial charge in [-0.3, -0.25) is 9.59 Å². The smallest absolute Gasteiger partial charge is 0.344 e. The van der Waals surface area contributed by atoms with Gasteiger partial charge < -0.3 is 20.5 Å². The minimum absolute atomic E-state index is 0.143. The van der Waals surface area contributed by atoms with E-state index in [1.165, 1.54) is 12.1 Å². The van der Waals surface area contributed by atoms with Crippen molar-refractivity contribution in [3.63, 3.8) is 0 Å². The highest BCUT2D eigenvalue weighted by atomic mass is 16.6. The first kappa shape index (κ1) is 21.0. The summed E-state index contributed by atoms with van der Waals surface area (Å²) in [5.74, 6) is -1.59. The lowest BCUT2D eigenvalue weighted by Gasteiger charge is -2.18. The van der Waals surface area contributed by atoms with E-state index in [4.69, 9.17) is 15.2 Å². The van der Waals surface area contributed by atoms with Gasteiger partial charge in [-0.05, 0) is 24.1 Å². The van der Waals surface area contributed by atoms with E-state index >= 15 is 0 Å². The second kappa shape index (κ2) is 10.7. The van der Waals surface area contributed by atoms with Crippen LogP contribution in [0, 0.1) is 0 Å². The number of nitrogens with one attached hydrogen (secondary N) is 1. The summed E-state index contributed by atoms with van der Waals surface area (Å²) in [7, 11) is 0. The number of esters is 1. The molecule has 2 amide bonds. The Morgan fingerprint density at radius 2 is 1.68 bits per heavy atom. The van der Waals surface area contributed by atoms with Gasteiger partial charge in [0.2, 0.25) is 0 Å². The van der Waals surface area contributed by atoms with Crippen LogP contribution in [0.15, 0.2) is 54.6 Å². The first-order valence-corrected chi connectivity index (χ1v) is 9.02. The van der Waals surface area contributed by atoms with Crippen LogP contribution in [0.25, 0.3) is 0 Å². The molecular formula is C21H24N2O5. The van der Waals surface area contributed by atoms with Crippen molar-refractivity contribution in [3.8, 4) is 5.75 Å². The summed E-state index contributed by atoms with van der Waals surface area (Å²) in [6.07, 6.45) is 1.67. The molecule has 0 aliphatic carbocycles. The first-order chi connectivity index (χ1) is 13.5. The van der Waals surface area contributed by atoms with Crippen LogP contribution in [0.3, 0.4) is 0 Å². The largest absolute Gasteiger partial charge is 0.481 e. The van der Waals surface area contributed by atoms with Gasteiger partial charge in [0.25, 0.3) is 11.8 Å². The molecule has 7 nitrogen and oxygen atoms in total. The minimum atomic E-state index is -0.721. The average molecular weight is 384 g/mol. The maximum Gasteiger partial charge on any atom is 0.344 e. The molecule has 2 aromatic rings. The molecule has 1 atom stereocenters. The molecule has 0 unspecified atom stereocenters. The normalized spacial score (nSPS) is 11.3. The molecule has 148 valence electrons. The Balaban J connectivity index is 1.82. The van der Waals surface area contributed by atoms with Gasteiger partial charge in [0, 0.05) is 0 Å². The third kappa shape index (κ3) is 6.42. The number of primary amides is 1. The number of rotatable bonds is 10. The fraction of sp³-hybridized carbons (Fsp3) is 0.286. The highest BCUT2D eigenvalue weighted by Crippen LogP contribution is 2.18. The van der Waals surface area contributed by atoms with E-state index in [-0.39, 0.29) is 17.4 Å². The highest BCUT2D eigenvalue weighted by molar-refractivity contribution is 5.95. The van der Waals surface area contributed by atoms with E-state index in [1.807, 2.05) is 37.3 Å². The van der Waals surface area contributed by atoms with E-state index < -0.39 is 31.0 Å².